The molecular formula is C16H18N2O6S2. The van der Waals surface area contributed by atoms with Crippen LogP contribution in [0, 0.1) is 6.92 Å². The Labute approximate surface area is 152 Å². The largest absolute Gasteiger partial charge is 0.462 e. The van der Waals surface area contributed by atoms with E-state index in [1.165, 1.54) is 36.4 Å². The topological polar surface area (TPSA) is 133 Å². The lowest BCUT2D eigenvalue weighted by molar-refractivity contribution is 0.0526. The number of nitrogens with two attached hydrogens (primary N) is 1. The van der Waals surface area contributed by atoms with Crippen LogP contribution in [0.2, 0.25) is 0 Å². The quantitative estimate of drug-likeness (QED) is 0.711. The van der Waals surface area contributed by atoms with Gasteiger partial charge in [-0.15, -0.1) is 0 Å². The molecule has 0 atom stereocenters. The van der Waals surface area contributed by atoms with Gasteiger partial charge in [0.25, 0.3) is 10.0 Å². The summed E-state index contributed by atoms with van der Waals surface area (Å²) in [6, 6.07) is 9.19. The summed E-state index contributed by atoms with van der Waals surface area (Å²) in [5, 5.41) is 5.12. The van der Waals surface area contributed by atoms with Crippen molar-refractivity contribution < 1.29 is 26.4 Å². The number of primary sulfonamides is 1. The molecule has 3 N–H and O–H groups in total. The summed E-state index contributed by atoms with van der Waals surface area (Å²) in [5.41, 5.74) is 0.668. The summed E-state index contributed by atoms with van der Waals surface area (Å²) in [6.45, 7) is 3.42. The summed E-state index contributed by atoms with van der Waals surface area (Å²) in [4.78, 5) is 11.3. The van der Waals surface area contributed by atoms with Crippen LogP contribution >= 0.6 is 0 Å². The lowest BCUT2D eigenvalue weighted by Gasteiger charge is -2.11. The first kappa shape index (κ1) is 19.9. The van der Waals surface area contributed by atoms with E-state index in [2.05, 4.69) is 4.72 Å². The molecule has 0 aliphatic heterocycles. The predicted molar refractivity (Wildman–Crippen MR) is 95.8 cm³/mol. The molecule has 0 amide bonds. The van der Waals surface area contributed by atoms with Crippen LogP contribution in [-0.4, -0.2) is 29.4 Å². The van der Waals surface area contributed by atoms with Crippen LogP contribution in [0.4, 0.5) is 5.69 Å². The van der Waals surface area contributed by atoms with Gasteiger partial charge in [-0.05, 0) is 55.8 Å². The smallest absolute Gasteiger partial charge is 0.338 e. The van der Waals surface area contributed by atoms with Gasteiger partial charge in [-0.3, -0.25) is 4.72 Å². The molecule has 0 unspecified atom stereocenters. The number of esters is 1. The average molecular weight is 398 g/mol. The van der Waals surface area contributed by atoms with E-state index in [1.54, 1.807) is 13.8 Å². The minimum Gasteiger partial charge on any atom is -0.462 e. The standard InChI is InChI=1S/C16H18N2O6S2/c1-3-24-16(19)12-5-8-14(9-6-12)26(22,23)18-13-7-4-11(2)15(10-13)25(17,20)21/h4-10,18H,3H2,1-2H3,(H2,17,20,21). The molecule has 8 nitrogen and oxygen atoms in total. The molecule has 2 aromatic carbocycles. The molecular weight excluding hydrogens is 380 g/mol. The molecule has 0 spiro atoms. The highest BCUT2D eigenvalue weighted by molar-refractivity contribution is 7.92. The molecule has 26 heavy (non-hydrogen) atoms. The van der Waals surface area contributed by atoms with Gasteiger partial charge in [0.05, 0.1) is 27.6 Å². The first-order chi connectivity index (χ1) is 12.0. The van der Waals surface area contributed by atoms with E-state index in [4.69, 9.17) is 9.88 Å². The number of aryl methyl sites for hydroxylation is 1. The van der Waals surface area contributed by atoms with Crippen LogP contribution in [0.5, 0.6) is 0 Å². The Hall–Kier alpha value is -2.43. The number of benzene rings is 2. The van der Waals surface area contributed by atoms with Crippen LogP contribution in [0.3, 0.4) is 0 Å². The Bertz CT molecular complexity index is 1030. The lowest BCUT2D eigenvalue weighted by Crippen LogP contribution is -2.16. The first-order valence-corrected chi connectivity index (χ1v) is 10.5. The summed E-state index contributed by atoms with van der Waals surface area (Å²) in [6.07, 6.45) is 0. The fourth-order valence-corrected chi connectivity index (χ4v) is 4.03. The number of hydrogen-bond donors (Lipinski definition) is 2. The van der Waals surface area contributed by atoms with E-state index in [1.807, 2.05) is 0 Å². The van der Waals surface area contributed by atoms with Crippen molar-refractivity contribution in [2.75, 3.05) is 11.3 Å². The first-order valence-electron chi connectivity index (χ1n) is 7.48. The Morgan fingerprint density at radius 3 is 2.23 bits per heavy atom. The number of rotatable bonds is 6. The molecule has 0 aromatic heterocycles. The highest BCUT2D eigenvalue weighted by Crippen LogP contribution is 2.22. The minimum atomic E-state index is -3.98. The van der Waals surface area contributed by atoms with E-state index in [0.717, 1.165) is 6.07 Å². The Balaban J connectivity index is 2.31. The second kappa shape index (κ2) is 7.44. The molecule has 0 saturated heterocycles. The highest BCUT2D eigenvalue weighted by Gasteiger charge is 2.18. The van der Waals surface area contributed by atoms with E-state index >= 15 is 0 Å². The molecule has 0 fully saturated rings. The monoisotopic (exact) mass is 398 g/mol. The molecule has 0 saturated carbocycles. The molecule has 10 heteroatoms. The zero-order chi connectivity index (χ0) is 19.5. The Morgan fingerprint density at radius 2 is 1.69 bits per heavy atom. The summed E-state index contributed by atoms with van der Waals surface area (Å²) in [7, 11) is -7.96. The maximum Gasteiger partial charge on any atom is 0.338 e. The maximum atomic E-state index is 12.4. The lowest BCUT2D eigenvalue weighted by atomic mass is 10.2. The zero-order valence-corrected chi connectivity index (χ0v) is 15.7. The van der Waals surface area contributed by atoms with Crippen molar-refractivity contribution in [2.45, 2.75) is 23.6 Å². The summed E-state index contributed by atoms with van der Waals surface area (Å²) >= 11 is 0. The number of carbonyl (C=O) groups excluding carboxylic acids is 1. The van der Waals surface area contributed by atoms with Crippen molar-refractivity contribution in [1.29, 1.82) is 0 Å². The average Bonchev–Trinajstić information content (AvgIpc) is 2.56. The number of anilines is 1. The molecule has 2 rings (SSSR count). The zero-order valence-electron chi connectivity index (χ0n) is 14.1. The van der Waals surface area contributed by atoms with Crippen LogP contribution in [-0.2, 0) is 24.8 Å². The van der Waals surface area contributed by atoms with Gasteiger partial charge in [-0.25, -0.2) is 26.8 Å². The van der Waals surface area contributed by atoms with Gasteiger partial charge in [-0.1, -0.05) is 6.07 Å². The van der Waals surface area contributed by atoms with Gasteiger partial charge in [0.2, 0.25) is 10.0 Å². The van der Waals surface area contributed by atoms with Gasteiger partial charge < -0.3 is 4.74 Å². The third-order valence-electron chi connectivity index (χ3n) is 3.42. The summed E-state index contributed by atoms with van der Waals surface area (Å²) < 4.78 is 55.1. The third-order valence-corrected chi connectivity index (χ3v) is 5.87. The summed E-state index contributed by atoms with van der Waals surface area (Å²) in [5.74, 6) is -0.555. The van der Waals surface area contributed by atoms with Crippen LogP contribution < -0.4 is 9.86 Å². The van der Waals surface area contributed by atoms with Crippen molar-refractivity contribution in [3.05, 3.63) is 53.6 Å². The van der Waals surface area contributed by atoms with Crippen molar-refractivity contribution in [1.82, 2.24) is 0 Å². The SMILES string of the molecule is CCOC(=O)c1ccc(S(=O)(=O)Nc2ccc(C)c(S(N)(=O)=O)c2)cc1. The van der Waals surface area contributed by atoms with Crippen molar-refractivity contribution in [3.63, 3.8) is 0 Å². The van der Waals surface area contributed by atoms with E-state index < -0.39 is 26.0 Å². The fourth-order valence-electron chi connectivity index (χ4n) is 2.17. The number of sulfonamides is 2. The van der Waals surface area contributed by atoms with Gasteiger partial charge >= 0.3 is 5.97 Å². The molecule has 0 bridgehead atoms. The molecule has 0 aliphatic rings. The minimum absolute atomic E-state index is 0.0501. The predicted octanol–water partition coefficient (Wildman–Crippen LogP) is 1.62. The molecule has 0 heterocycles. The van der Waals surface area contributed by atoms with Gasteiger partial charge in [-0.2, -0.15) is 0 Å². The van der Waals surface area contributed by atoms with Gasteiger partial charge in [0.1, 0.15) is 0 Å². The highest BCUT2D eigenvalue weighted by atomic mass is 32.2. The molecule has 140 valence electrons. The van der Waals surface area contributed by atoms with Crippen LogP contribution in [0.15, 0.2) is 52.3 Å². The number of ether oxygens (including phenoxy) is 1. The molecule has 2 aromatic rings. The number of hydrogen-bond acceptors (Lipinski definition) is 6. The van der Waals surface area contributed by atoms with Crippen molar-refractivity contribution in [2.24, 2.45) is 5.14 Å². The molecule has 0 aliphatic carbocycles. The van der Waals surface area contributed by atoms with Crippen molar-refractivity contribution >= 4 is 31.7 Å². The van der Waals surface area contributed by atoms with E-state index in [9.17, 15) is 21.6 Å². The number of nitrogens with one attached hydrogen (secondary N) is 1. The molecule has 0 radical (unpaired) electrons. The van der Waals surface area contributed by atoms with E-state index in [-0.39, 0.29) is 27.6 Å². The van der Waals surface area contributed by atoms with Crippen LogP contribution in [0.25, 0.3) is 0 Å². The van der Waals surface area contributed by atoms with Crippen molar-refractivity contribution in [3.8, 4) is 0 Å². The normalized spacial score (nSPS) is 11.8. The third kappa shape index (κ3) is 4.59. The maximum absolute atomic E-state index is 12.4. The Morgan fingerprint density at radius 1 is 1.08 bits per heavy atom. The Kier molecular flexibility index (Phi) is 5.69. The second-order valence-corrected chi connectivity index (χ2v) is 8.59. The van der Waals surface area contributed by atoms with Crippen LogP contribution in [0.1, 0.15) is 22.8 Å². The van der Waals surface area contributed by atoms with E-state index in [0.29, 0.717) is 5.56 Å². The fraction of sp³-hybridized carbons (Fsp3) is 0.188. The second-order valence-electron chi connectivity index (χ2n) is 5.38. The number of carbonyl (C=O) groups is 1. The van der Waals surface area contributed by atoms with Gasteiger partial charge in [0.15, 0.2) is 0 Å². The van der Waals surface area contributed by atoms with Gasteiger partial charge in [0, 0.05) is 0 Å².